The molecule has 1 heterocycles. The first-order chi connectivity index (χ1) is 8.62. The third-order valence-electron chi connectivity index (χ3n) is 3.17. The maximum Gasteiger partial charge on any atom is 0.237 e. The third-order valence-corrected chi connectivity index (χ3v) is 3.17. The second kappa shape index (κ2) is 7.16. The fourth-order valence-corrected chi connectivity index (χ4v) is 2.14. The summed E-state index contributed by atoms with van der Waals surface area (Å²) in [6.07, 6.45) is 4.53. The summed E-state index contributed by atoms with van der Waals surface area (Å²) in [6, 6.07) is -0.0309. The number of carbonyl (C=O) groups excluding carboxylic acids is 1. The Labute approximate surface area is 109 Å². The van der Waals surface area contributed by atoms with Gasteiger partial charge in [-0.15, -0.1) is 0 Å². The average molecular weight is 252 g/mol. The van der Waals surface area contributed by atoms with Gasteiger partial charge in [-0.05, 0) is 19.5 Å². The summed E-state index contributed by atoms with van der Waals surface area (Å²) >= 11 is 0. The normalized spacial score (nSPS) is 12.7. The number of rotatable bonds is 7. The molecule has 1 aromatic heterocycles. The molecule has 0 radical (unpaired) electrons. The molecule has 0 bridgehead atoms. The molecule has 18 heavy (non-hydrogen) atoms. The number of aryl methyl sites for hydroxylation is 1. The van der Waals surface area contributed by atoms with Crippen molar-refractivity contribution in [3.8, 4) is 0 Å². The zero-order valence-corrected chi connectivity index (χ0v) is 11.8. The van der Waals surface area contributed by atoms with E-state index < -0.39 is 0 Å². The number of amides is 1. The Balaban J connectivity index is 2.52. The van der Waals surface area contributed by atoms with E-state index in [4.69, 9.17) is 0 Å². The molecule has 0 fully saturated rings. The lowest BCUT2D eigenvalue weighted by Gasteiger charge is -2.27. The van der Waals surface area contributed by atoms with Crippen molar-refractivity contribution >= 4 is 5.91 Å². The van der Waals surface area contributed by atoms with Gasteiger partial charge in [-0.1, -0.05) is 20.8 Å². The van der Waals surface area contributed by atoms with Crippen molar-refractivity contribution < 1.29 is 4.79 Å². The maximum absolute atomic E-state index is 12.1. The van der Waals surface area contributed by atoms with Gasteiger partial charge in [-0.25, -0.2) is 0 Å². The first kappa shape index (κ1) is 14.7. The quantitative estimate of drug-likeness (QED) is 0.792. The van der Waals surface area contributed by atoms with Crippen molar-refractivity contribution in [2.24, 2.45) is 7.05 Å². The Morgan fingerprint density at radius 1 is 1.44 bits per heavy atom. The summed E-state index contributed by atoms with van der Waals surface area (Å²) < 4.78 is 1.74. The van der Waals surface area contributed by atoms with Gasteiger partial charge in [0.2, 0.25) is 5.91 Å². The lowest BCUT2D eigenvalue weighted by Crippen LogP contribution is -2.46. The number of likely N-dealkylation sites (N-methyl/N-ethyl adjacent to an activating group) is 1. The smallest absolute Gasteiger partial charge is 0.237 e. The number of nitrogens with zero attached hydrogens (tertiary/aromatic N) is 3. The molecule has 1 amide bonds. The number of hydrogen-bond acceptors (Lipinski definition) is 3. The van der Waals surface area contributed by atoms with Crippen LogP contribution in [0.3, 0.4) is 0 Å². The predicted molar refractivity (Wildman–Crippen MR) is 72.1 cm³/mol. The van der Waals surface area contributed by atoms with Gasteiger partial charge in [0.1, 0.15) is 0 Å². The molecule has 0 aromatic carbocycles. The van der Waals surface area contributed by atoms with Crippen molar-refractivity contribution in [1.29, 1.82) is 0 Å². The van der Waals surface area contributed by atoms with Crippen molar-refractivity contribution in [3.05, 3.63) is 18.0 Å². The molecule has 0 spiro atoms. The molecule has 1 atom stereocenters. The zero-order valence-electron chi connectivity index (χ0n) is 11.8. The van der Waals surface area contributed by atoms with E-state index in [0.717, 1.165) is 25.1 Å². The summed E-state index contributed by atoms with van der Waals surface area (Å²) in [6.45, 7) is 8.56. The van der Waals surface area contributed by atoms with Crippen LogP contribution in [0.2, 0.25) is 0 Å². The van der Waals surface area contributed by atoms with Gasteiger partial charge < -0.3 is 5.32 Å². The van der Waals surface area contributed by atoms with Crippen LogP contribution in [0.1, 0.15) is 32.8 Å². The van der Waals surface area contributed by atoms with E-state index >= 15 is 0 Å². The highest BCUT2D eigenvalue weighted by Gasteiger charge is 2.21. The van der Waals surface area contributed by atoms with E-state index in [9.17, 15) is 4.79 Å². The molecule has 5 nitrogen and oxygen atoms in total. The molecule has 0 unspecified atom stereocenters. The molecule has 0 aliphatic rings. The summed E-state index contributed by atoms with van der Waals surface area (Å²) in [7, 11) is 1.87. The van der Waals surface area contributed by atoms with E-state index in [1.165, 1.54) is 0 Å². The van der Waals surface area contributed by atoms with Gasteiger partial charge in [-0.3, -0.25) is 14.4 Å². The second-order valence-electron chi connectivity index (χ2n) is 4.39. The molecular weight excluding hydrogens is 228 g/mol. The summed E-state index contributed by atoms with van der Waals surface area (Å²) in [5.74, 6) is 0.102. The van der Waals surface area contributed by atoms with Crippen molar-refractivity contribution in [2.45, 2.75) is 39.8 Å². The van der Waals surface area contributed by atoms with Crippen molar-refractivity contribution in [2.75, 3.05) is 13.1 Å². The summed E-state index contributed by atoms with van der Waals surface area (Å²) in [4.78, 5) is 14.3. The number of carbonyl (C=O) groups is 1. The maximum atomic E-state index is 12.1. The highest BCUT2D eigenvalue weighted by atomic mass is 16.2. The van der Waals surface area contributed by atoms with Crippen LogP contribution in [0.25, 0.3) is 0 Å². The molecule has 0 saturated heterocycles. The standard InChI is InChI=1S/C13H24N4O/c1-5-12(17(6-2)7-3)13(18)14-8-11-9-15-16(4)10-11/h9-10,12H,5-8H2,1-4H3,(H,14,18)/t12-/m0/s1. The Kier molecular flexibility index (Phi) is 5.85. The fourth-order valence-electron chi connectivity index (χ4n) is 2.14. The fraction of sp³-hybridized carbons (Fsp3) is 0.692. The average Bonchev–Trinajstić information content (AvgIpc) is 2.78. The largest absolute Gasteiger partial charge is 0.351 e. The Bertz CT molecular complexity index is 371. The molecule has 1 N–H and O–H groups in total. The second-order valence-corrected chi connectivity index (χ2v) is 4.39. The molecule has 1 rings (SSSR count). The van der Waals surface area contributed by atoms with Crippen LogP contribution in [-0.2, 0) is 18.4 Å². The molecule has 0 aliphatic heterocycles. The minimum atomic E-state index is -0.0309. The third kappa shape index (κ3) is 3.84. The van der Waals surface area contributed by atoms with Crippen molar-refractivity contribution in [3.63, 3.8) is 0 Å². The van der Waals surface area contributed by atoms with E-state index in [1.54, 1.807) is 10.9 Å². The number of hydrogen-bond donors (Lipinski definition) is 1. The predicted octanol–water partition coefficient (Wildman–Crippen LogP) is 1.16. The van der Waals surface area contributed by atoms with Gasteiger partial charge in [0.05, 0.1) is 12.2 Å². The van der Waals surface area contributed by atoms with Crippen LogP contribution < -0.4 is 5.32 Å². The van der Waals surface area contributed by atoms with E-state index in [-0.39, 0.29) is 11.9 Å². The van der Waals surface area contributed by atoms with Crippen molar-refractivity contribution in [1.82, 2.24) is 20.0 Å². The van der Waals surface area contributed by atoms with Crippen LogP contribution >= 0.6 is 0 Å². The molecule has 5 heteroatoms. The Morgan fingerprint density at radius 3 is 2.56 bits per heavy atom. The number of aromatic nitrogens is 2. The summed E-state index contributed by atoms with van der Waals surface area (Å²) in [5, 5.41) is 7.06. The SMILES string of the molecule is CC[C@@H](C(=O)NCc1cnn(C)c1)N(CC)CC. The van der Waals surface area contributed by atoms with Gasteiger partial charge in [0.15, 0.2) is 0 Å². The van der Waals surface area contributed by atoms with Crippen LogP contribution in [0, 0.1) is 0 Å². The van der Waals surface area contributed by atoms with E-state index in [0.29, 0.717) is 6.54 Å². The van der Waals surface area contributed by atoms with E-state index in [1.807, 2.05) is 20.2 Å². The summed E-state index contributed by atoms with van der Waals surface area (Å²) in [5.41, 5.74) is 1.03. The van der Waals surface area contributed by atoms with Gasteiger partial charge in [-0.2, -0.15) is 5.10 Å². The molecule has 0 aliphatic carbocycles. The molecule has 102 valence electrons. The monoisotopic (exact) mass is 252 g/mol. The first-order valence-corrected chi connectivity index (χ1v) is 6.61. The zero-order chi connectivity index (χ0) is 13.5. The molecule has 1 aromatic rings. The van der Waals surface area contributed by atoms with E-state index in [2.05, 4.69) is 29.2 Å². The highest BCUT2D eigenvalue weighted by molar-refractivity contribution is 5.81. The van der Waals surface area contributed by atoms with Gasteiger partial charge in [0.25, 0.3) is 0 Å². The minimum absolute atomic E-state index is 0.0309. The van der Waals surface area contributed by atoms with Crippen LogP contribution in [0.15, 0.2) is 12.4 Å². The lowest BCUT2D eigenvalue weighted by atomic mass is 10.1. The molecule has 0 saturated carbocycles. The minimum Gasteiger partial charge on any atom is -0.351 e. The van der Waals surface area contributed by atoms with Gasteiger partial charge >= 0.3 is 0 Å². The number of nitrogens with one attached hydrogen (secondary N) is 1. The van der Waals surface area contributed by atoms with Crippen LogP contribution in [-0.4, -0.2) is 39.7 Å². The van der Waals surface area contributed by atoms with Gasteiger partial charge in [0, 0.05) is 25.4 Å². The lowest BCUT2D eigenvalue weighted by molar-refractivity contribution is -0.126. The first-order valence-electron chi connectivity index (χ1n) is 6.61. The van der Waals surface area contributed by atoms with Crippen LogP contribution in [0.4, 0.5) is 0 Å². The Hall–Kier alpha value is -1.36. The Morgan fingerprint density at radius 2 is 2.11 bits per heavy atom. The molecular formula is C13H24N4O. The highest BCUT2D eigenvalue weighted by Crippen LogP contribution is 2.05. The van der Waals surface area contributed by atoms with Crippen LogP contribution in [0.5, 0.6) is 0 Å². The topological polar surface area (TPSA) is 50.2 Å².